The lowest BCUT2D eigenvalue weighted by molar-refractivity contribution is -0.136. The summed E-state index contributed by atoms with van der Waals surface area (Å²) in [5.41, 5.74) is -0.886. The Morgan fingerprint density at radius 1 is 1.56 bits per heavy atom. The molecule has 0 aromatic rings. The molecule has 0 spiro atoms. The lowest BCUT2D eigenvalue weighted by Gasteiger charge is -2.30. The van der Waals surface area contributed by atoms with E-state index in [2.05, 4.69) is 5.32 Å². The van der Waals surface area contributed by atoms with E-state index in [1.54, 1.807) is 18.7 Å². The van der Waals surface area contributed by atoms with E-state index in [4.69, 9.17) is 0 Å². The Kier molecular flexibility index (Phi) is 4.29. The van der Waals surface area contributed by atoms with Crippen molar-refractivity contribution in [2.45, 2.75) is 44.9 Å². The first kappa shape index (κ1) is 13.4. The van der Waals surface area contributed by atoms with Crippen LogP contribution in [0.2, 0.25) is 0 Å². The van der Waals surface area contributed by atoms with Crippen LogP contribution < -0.4 is 5.32 Å². The molecule has 1 amide bonds. The molecule has 1 aliphatic rings. The molecule has 0 radical (unpaired) electrons. The van der Waals surface area contributed by atoms with Gasteiger partial charge in [-0.15, -0.1) is 0 Å². The Balaban J connectivity index is 2.56. The molecule has 1 saturated heterocycles. The van der Waals surface area contributed by atoms with E-state index in [1.165, 1.54) is 0 Å². The number of carbonyl (C=O) groups excluding carboxylic acids is 1. The minimum Gasteiger partial charge on any atom is -0.392 e. The molecular weight excluding hydrogens is 208 g/mol. The average molecular weight is 230 g/mol. The summed E-state index contributed by atoms with van der Waals surface area (Å²) in [4.78, 5) is 13.7. The van der Waals surface area contributed by atoms with E-state index in [9.17, 15) is 15.0 Å². The zero-order chi connectivity index (χ0) is 12.3. The fourth-order valence-electron chi connectivity index (χ4n) is 1.94. The van der Waals surface area contributed by atoms with E-state index in [0.717, 1.165) is 0 Å². The van der Waals surface area contributed by atoms with Gasteiger partial charge >= 0.3 is 0 Å². The molecule has 1 rings (SSSR count). The largest absolute Gasteiger partial charge is 0.392 e. The van der Waals surface area contributed by atoms with Crippen LogP contribution in [0.4, 0.5) is 0 Å². The van der Waals surface area contributed by atoms with Crippen LogP contribution in [-0.4, -0.2) is 58.4 Å². The second kappa shape index (κ2) is 5.12. The summed E-state index contributed by atoms with van der Waals surface area (Å²) in [5.74, 6) is -0.0406. The van der Waals surface area contributed by atoms with Crippen LogP contribution in [0.3, 0.4) is 0 Å². The summed E-state index contributed by atoms with van der Waals surface area (Å²) < 4.78 is 0. The molecule has 16 heavy (non-hydrogen) atoms. The minimum absolute atomic E-state index is 0.0406. The van der Waals surface area contributed by atoms with Crippen LogP contribution in [0.15, 0.2) is 0 Å². The number of rotatable bonds is 4. The van der Waals surface area contributed by atoms with Crippen LogP contribution in [0.1, 0.15) is 27.2 Å². The van der Waals surface area contributed by atoms with Gasteiger partial charge in [0, 0.05) is 19.6 Å². The van der Waals surface area contributed by atoms with Gasteiger partial charge in [0.1, 0.15) is 0 Å². The normalized spacial score (nSPS) is 25.8. The van der Waals surface area contributed by atoms with Crippen molar-refractivity contribution in [3.8, 4) is 0 Å². The van der Waals surface area contributed by atoms with Crippen LogP contribution >= 0.6 is 0 Å². The summed E-state index contributed by atoms with van der Waals surface area (Å²) in [6, 6.07) is -0.308. The molecule has 94 valence electrons. The van der Waals surface area contributed by atoms with Gasteiger partial charge in [-0.3, -0.25) is 4.79 Å². The lowest BCUT2D eigenvalue weighted by Crippen LogP contribution is -2.48. The summed E-state index contributed by atoms with van der Waals surface area (Å²) >= 11 is 0. The van der Waals surface area contributed by atoms with Crippen molar-refractivity contribution >= 4 is 5.91 Å². The van der Waals surface area contributed by atoms with Gasteiger partial charge in [-0.1, -0.05) is 0 Å². The number of amides is 1. The number of hydrogen-bond acceptors (Lipinski definition) is 4. The second-order valence-corrected chi connectivity index (χ2v) is 5.02. The molecule has 1 heterocycles. The van der Waals surface area contributed by atoms with E-state index in [0.29, 0.717) is 26.1 Å². The first-order valence-corrected chi connectivity index (χ1v) is 5.76. The van der Waals surface area contributed by atoms with Gasteiger partial charge in [0.05, 0.1) is 17.7 Å². The van der Waals surface area contributed by atoms with Crippen molar-refractivity contribution in [1.29, 1.82) is 0 Å². The topological polar surface area (TPSA) is 72.8 Å². The number of aliphatic hydroxyl groups excluding tert-OH is 1. The molecule has 0 bridgehead atoms. The van der Waals surface area contributed by atoms with Gasteiger partial charge in [-0.2, -0.15) is 0 Å². The summed E-state index contributed by atoms with van der Waals surface area (Å²) in [7, 11) is 0. The van der Waals surface area contributed by atoms with Crippen molar-refractivity contribution < 1.29 is 15.0 Å². The van der Waals surface area contributed by atoms with E-state index in [-0.39, 0.29) is 11.9 Å². The molecule has 5 nitrogen and oxygen atoms in total. The smallest absolute Gasteiger partial charge is 0.239 e. The first-order valence-electron chi connectivity index (χ1n) is 5.76. The molecule has 1 aliphatic heterocycles. The van der Waals surface area contributed by atoms with Gasteiger partial charge < -0.3 is 20.4 Å². The highest BCUT2D eigenvalue weighted by atomic mass is 16.3. The highest BCUT2D eigenvalue weighted by Gasteiger charge is 2.32. The number of nitrogens with zero attached hydrogens (tertiary/aromatic N) is 1. The maximum absolute atomic E-state index is 12.0. The molecule has 0 aromatic heterocycles. The highest BCUT2D eigenvalue weighted by Crippen LogP contribution is 2.12. The fraction of sp³-hybridized carbons (Fsp3) is 0.909. The Labute approximate surface area is 96.4 Å². The molecule has 1 fully saturated rings. The van der Waals surface area contributed by atoms with Crippen molar-refractivity contribution in [2.24, 2.45) is 0 Å². The second-order valence-electron chi connectivity index (χ2n) is 5.02. The number of aliphatic hydroxyl groups is 2. The minimum atomic E-state index is -0.886. The predicted octanol–water partition coefficient (Wildman–Crippen LogP) is -0.671. The third kappa shape index (κ3) is 3.73. The predicted molar refractivity (Wildman–Crippen MR) is 61.0 cm³/mol. The van der Waals surface area contributed by atoms with Gasteiger partial charge in [-0.05, 0) is 27.2 Å². The van der Waals surface area contributed by atoms with Crippen molar-refractivity contribution in [2.75, 3.05) is 19.6 Å². The van der Waals surface area contributed by atoms with Crippen LogP contribution in [0.5, 0.6) is 0 Å². The zero-order valence-corrected chi connectivity index (χ0v) is 10.2. The Morgan fingerprint density at radius 3 is 2.56 bits per heavy atom. The van der Waals surface area contributed by atoms with Gasteiger partial charge in [0.25, 0.3) is 0 Å². The number of likely N-dealkylation sites (N-methyl/N-ethyl adjacent to an activating group) is 1. The molecule has 2 atom stereocenters. The van der Waals surface area contributed by atoms with E-state index >= 15 is 0 Å². The maximum atomic E-state index is 12.0. The molecular formula is C11H22N2O3. The van der Waals surface area contributed by atoms with E-state index in [1.807, 2.05) is 6.92 Å². The first-order chi connectivity index (χ1) is 7.33. The molecule has 3 N–H and O–H groups in total. The van der Waals surface area contributed by atoms with Crippen molar-refractivity contribution in [3.05, 3.63) is 0 Å². The SMILES string of the molecule is CCN(CC(C)(C)O)C(=O)C1CC(O)CN1. The quantitative estimate of drug-likeness (QED) is 0.599. The molecule has 0 aromatic carbocycles. The molecule has 0 aliphatic carbocycles. The van der Waals surface area contributed by atoms with Crippen LogP contribution in [0, 0.1) is 0 Å². The van der Waals surface area contributed by atoms with Crippen LogP contribution in [-0.2, 0) is 4.79 Å². The van der Waals surface area contributed by atoms with Crippen LogP contribution in [0.25, 0.3) is 0 Å². The highest BCUT2D eigenvalue weighted by molar-refractivity contribution is 5.82. The van der Waals surface area contributed by atoms with E-state index < -0.39 is 11.7 Å². The standard InChI is InChI=1S/C11H22N2O3/c1-4-13(7-11(2,3)16)10(15)9-5-8(14)6-12-9/h8-9,12,14,16H,4-7H2,1-3H3. The lowest BCUT2D eigenvalue weighted by atomic mass is 10.1. The molecule has 5 heteroatoms. The number of hydrogen-bond donors (Lipinski definition) is 3. The number of nitrogens with one attached hydrogen (secondary N) is 1. The molecule has 2 unspecified atom stereocenters. The van der Waals surface area contributed by atoms with Gasteiger partial charge in [0.2, 0.25) is 5.91 Å². The van der Waals surface area contributed by atoms with Crippen molar-refractivity contribution in [1.82, 2.24) is 10.2 Å². The third-order valence-corrected chi connectivity index (χ3v) is 2.68. The summed E-state index contributed by atoms with van der Waals surface area (Å²) in [6.07, 6.45) is 0.0241. The van der Waals surface area contributed by atoms with Gasteiger partial charge in [0.15, 0.2) is 0 Å². The summed E-state index contributed by atoms with van der Waals surface area (Å²) in [6.45, 7) is 6.60. The Hall–Kier alpha value is -0.650. The number of carbonyl (C=O) groups is 1. The third-order valence-electron chi connectivity index (χ3n) is 2.68. The number of β-amino-alcohol motifs (C(OH)–C–C–N with tert-alkyl or cyclic N) is 1. The zero-order valence-electron chi connectivity index (χ0n) is 10.2. The van der Waals surface area contributed by atoms with Gasteiger partial charge in [-0.25, -0.2) is 0 Å². The summed E-state index contributed by atoms with van der Waals surface area (Å²) in [5, 5.41) is 22.0. The fourth-order valence-corrected chi connectivity index (χ4v) is 1.94. The monoisotopic (exact) mass is 230 g/mol. The molecule has 0 saturated carbocycles. The Morgan fingerprint density at radius 2 is 2.19 bits per heavy atom. The maximum Gasteiger partial charge on any atom is 0.239 e. The van der Waals surface area contributed by atoms with Crippen molar-refractivity contribution in [3.63, 3.8) is 0 Å². The average Bonchev–Trinajstić information content (AvgIpc) is 2.58. The Bertz CT molecular complexity index is 250.